The monoisotopic (exact) mass is 239 g/mol. The molecular formula is C12H21N3O2. The Labute approximate surface area is 102 Å². The summed E-state index contributed by atoms with van der Waals surface area (Å²) >= 11 is 0. The molecule has 96 valence electrons. The third-order valence-corrected chi connectivity index (χ3v) is 2.91. The van der Waals surface area contributed by atoms with Crippen LogP contribution in [0.15, 0.2) is 12.4 Å². The Bertz CT molecular complexity index is 376. The van der Waals surface area contributed by atoms with Gasteiger partial charge in [-0.3, -0.25) is 9.48 Å². The summed E-state index contributed by atoms with van der Waals surface area (Å²) in [6, 6.07) is 0. The average molecular weight is 239 g/mol. The summed E-state index contributed by atoms with van der Waals surface area (Å²) in [6.07, 6.45) is 6.03. The first-order chi connectivity index (χ1) is 7.98. The van der Waals surface area contributed by atoms with Crippen molar-refractivity contribution in [3.8, 4) is 0 Å². The summed E-state index contributed by atoms with van der Waals surface area (Å²) in [4.78, 5) is 11.2. The highest BCUT2D eigenvalue weighted by Crippen LogP contribution is 2.12. The van der Waals surface area contributed by atoms with E-state index in [-0.39, 0.29) is 0 Å². The average Bonchev–Trinajstić information content (AvgIpc) is 2.64. The summed E-state index contributed by atoms with van der Waals surface area (Å²) in [7, 11) is 1.87. The zero-order chi connectivity index (χ0) is 12.9. The van der Waals surface area contributed by atoms with Gasteiger partial charge in [0.25, 0.3) is 0 Å². The molecule has 5 heteroatoms. The van der Waals surface area contributed by atoms with Crippen LogP contribution in [0, 0.1) is 0 Å². The molecule has 1 heterocycles. The maximum Gasteiger partial charge on any atom is 0.323 e. The number of carbonyl (C=O) groups is 1. The van der Waals surface area contributed by atoms with Crippen molar-refractivity contribution >= 4 is 5.97 Å². The largest absolute Gasteiger partial charge is 0.480 e. The number of hydrogen-bond acceptors (Lipinski definition) is 3. The zero-order valence-corrected chi connectivity index (χ0v) is 10.7. The fourth-order valence-electron chi connectivity index (χ4n) is 1.85. The second-order valence-electron chi connectivity index (χ2n) is 4.59. The summed E-state index contributed by atoms with van der Waals surface area (Å²) in [6.45, 7) is 4.38. The zero-order valence-electron chi connectivity index (χ0n) is 10.7. The maximum absolute atomic E-state index is 11.2. The lowest BCUT2D eigenvalue weighted by Gasteiger charge is -2.25. The van der Waals surface area contributed by atoms with Crippen LogP contribution in [0.2, 0.25) is 0 Å². The molecule has 0 bridgehead atoms. The Morgan fingerprint density at radius 2 is 2.35 bits per heavy atom. The Balaban J connectivity index is 2.45. The quantitative estimate of drug-likeness (QED) is 0.750. The van der Waals surface area contributed by atoms with Crippen LogP contribution in [0.5, 0.6) is 0 Å². The lowest BCUT2D eigenvalue weighted by atomic mass is 9.96. The van der Waals surface area contributed by atoms with E-state index in [9.17, 15) is 9.90 Å². The predicted octanol–water partition coefficient (Wildman–Crippen LogP) is 1.20. The molecule has 0 fully saturated rings. The van der Waals surface area contributed by atoms with E-state index < -0.39 is 11.5 Å². The van der Waals surface area contributed by atoms with E-state index in [0.717, 1.165) is 18.4 Å². The minimum atomic E-state index is -0.822. The normalized spacial score (nSPS) is 14.5. The van der Waals surface area contributed by atoms with Crippen molar-refractivity contribution in [3.63, 3.8) is 0 Å². The van der Waals surface area contributed by atoms with Crippen molar-refractivity contribution in [1.29, 1.82) is 0 Å². The Morgan fingerprint density at radius 1 is 1.65 bits per heavy atom. The minimum absolute atomic E-state index is 0.634. The second-order valence-corrected chi connectivity index (χ2v) is 4.59. The summed E-state index contributed by atoms with van der Waals surface area (Å²) in [5.41, 5.74) is 0.293. The molecule has 1 atom stereocenters. The number of aliphatic carboxylic acids is 1. The van der Waals surface area contributed by atoms with Crippen molar-refractivity contribution in [2.75, 3.05) is 6.54 Å². The summed E-state index contributed by atoms with van der Waals surface area (Å²) in [5.74, 6) is -0.787. The number of aromatic nitrogens is 2. The predicted molar refractivity (Wildman–Crippen MR) is 65.9 cm³/mol. The molecule has 0 radical (unpaired) electrons. The highest BCUT2D eigenvalue weighted by Gasteiger charge is 2.30. The van der Waals surface area contributed by atoms with E-state index in [1.54, 1.807) is 17.8 Å². The molecule has 0 aromatic carbocycles. The van der Waals surface area contributed by atoms with Crippen LogP contribution in [-0.2, 0) is 18.3 Å². The Hall–Kier alpha value is -1.36. The molecule has 0 saturated carbocycles. The van der Waals surface area contributed by atoms with Crippen LogP contribution >= 0.6 is 0 Å². The molecule has 1 aromatic heterocycles. The number of carboxylic acids is 1. The number of hydrogen-bond donors (Lipinski definition) is 2. The first-order valence-corrected chi connectivity index (χ1v) is 5.94. The summed E-state index contributed by atoms with van der Waals surface area (Å²) < 4.78 is 1.75. The van der Waals surface area contributed by atoms with E-state index in [2.05, 4.69) is 10.4 Å². The van der Waals surface area contributed by atoms with Crippen LogP contribution in [-0.4, -0.2) is 32.9 Å². The molecule has 0 saturated heterocycles. The highest BCUT2D eigenvalue weighted by molar-refractivity contribution is 5.78. The van der Waals surface area contributed by atoms with Crippen LogP contribution in [0.25, 0.3) is 0 Å². The van der Waals surface area contributed by atoms with Crippen molar-refractivity contribution in [3.05, 3.63) is 18.0 Å². The molecule has 0 amide bonds. The van der Waals surface area contributed by atoms with Crippen LogP contribution in [0.3, 0.4) is 0 Å². The van der Waals surface area contributed by atoms with Gasteiger partial charge in [-0.25, -0.2) is 0 Å². The summed E-state index contributed by atoms with van der Waals surface area (Å²) in [5, 5.41) is 16.4. The van der Waals surface area contributed by atoms with Gasteiger partial charge in [-0.05, 0) is 25.3 Å². The number of aryl methyl sites for hydroxylation is 1. The lowest BCUT2D eigenvalue weighted by Crippen LogP contribution is -2.50. The van der Waals surface area contributed by atoms with Gasteiger partial charge in [0.05, 0.1) is 6.20 Å². The molecule has 5 nitrogen and oxygen atoms in total. The van der Waals surface area contributed by atoms with Gasteiger partial charge in [-0.1, -0.05) is 13.3 Å². The molecule has 1 aromatic rings. The van der Waals surface area contributed by atoms with E-state index in [0.29, 0.717) is 13.0 Å². The number of nitrogens with one attached hydrogen (secondary N) is 1. The molecule has 0 aliphatic rings. The number of carboxylic acid groups (broad SMARTS) is 1. The van der Waals surface area contributed by atoms with Gasteiger partial charge < -0.3 is 10.4 Å². The van der Waals surface area contributed by atoms with E-state index in [4.69, 9.17) is 0 Å². The van der Waals surface area contributed by atoms with Gasteiger partial charge in [0, 0.05) is 19.8 Å². The standard InChI is InChI=1S/C12H21N3O2/c1-4-6-12(2,11(16)17)13-7-5-10-8-14-15(3)9-10/h8-9,13H,4-7H2,1-3H3,(H,16,17). The van der Waals surface area contributed by atoms with Gasteiger partial charge >= 0.3 is 5.97 Å². The lowest BCUT2D eigenvalue weighted by molar-refractivity contribution is -0.144. The van der Waals surface area contributed by atoms with Crippen molar-refractivity contribution in [2.24, 2.45) is 7.05 Å². The molecular weight excluding hydrogens is 218 g/mol. The van der Waals surface area contributed by atoms with Gasteiger partial charge in [0.15, 0.2) is 0 Å². The molecule has 1 rings (SSSR count). The first-order valence-electron chi connectivity index (χ1n) is 5.94. The molecule has 2 N–H and O–H groups in total. The van der Waals surface area contributed by atoms with Crippen molar-refractivity contribution < 1.29 is 9.90 Å². The number of rotatable bonds is 7. The fraction of sp³-hybridized carbons (Fsp3) is 0.667. The SMILES string of the molecule is CCCC(C)(NCCc1cnn(C)c1)C(=O)O. The van der Waals surface area contributed by atoms with Crippen LogP contribution in [0.1, 0.15) is 32.3 Å². The smallest absolute Gasteiger partial charge is 0.323 e. The fourth-order valence-corrected chi connectivity index (χ4v) is 1.85. The molecule has 0 aliphatic heterocycles. The van der Waals surface area contributed by atoms with Gasteiger partial charge in [-0.2, -0.15) is 5.10 Å². The highest BCUT2D eigenvalue weighted by atomic mass is 16.4. The third-order valence-electron chi connectivity index (χ3n) is 2.91. The second kappa shape index (κ2) is 5.82. The number of nitrogens with zero attached hydrogens (tertiary/aromatic N) is 2. The third kappa shape index (κ3) is 3.85. The van der Waals surface area contributed by atoms with E-state index >= 15 is 0 Å². The van der Waals surface area contributed by atoms with E-state index in [1.165, 1.54) is 0 Å². The van der Waals surface area contributed by atoms with E-state index in [1.807, 2.05) is 20.2 Å². The molecule has 1 unspecified atom stereocenters. The molecule has 0 spiro atoms. The van der Waals surface area contributed by atoms with Gasteiger partial charge in [-0.15, -0.1) is 0 Å². The topological polar surface area (TPSA) is 67.2 Å². The Kier molecular flexibility index (Phi) is 4.69. The maximum atomic E-state index is 11.2. The van der Waals surface area contributed by atoms with Crippen molar-refractivity contribution in [2.45, 2.75) is 38.6 Å². The van der Waals surface area contributed by atoms with Crippen LogP contribution < -0.4 is 5.32 Å². The molecule has 17 heavy (non-hydrogen) atoms. The van der Waals surface area contributed by atoms with Gasteiger partial charge in [0.2, 0.25) is 0 Å². The Morgan fingerprint density at radius 3 is 2.82 bits per heavy atom. The van der Waals surface area contributed by atoms with Crippen molar-refractivity contribution in [1.82, 2.24) is 15.1 Å². The minimum Gasteiger partial charge on any atom is -0.480 e. The first kappa shape index (κ1) is 13.7. The van der Waals surface area contributed by atoms with Crippen LogP contribution in [0.4, 0.5) is 0 Å². The molecule has 0 aliphatic carbocycles. The van der Waals surface area contributed by atoms with Gasteiger partial charge in [0.1, 0.15) is 5.54 Å².